The van der Waals surface area contributed by atoms with Crippen LogP contribution in [-0.4, -0.2) is 28.6 Å². The molecule has 0 aliphatic heterocycles. The second-order valence-corrected chi connectivity index (χ2v) is 4.43. The van der Waals surface area contributed by atoms with E-state index in [0.29, 0.717) is 13.0 Å². The summed E-state index contributed by atoms with van der Waals surface area (Å²) in [6.45, 7) is 0.598. The SMILES string of the molecule is O=C(Cc1ccc[nH]1)NCC1CCCC1O. The van der Waals surface area contributed by atoms with Gasteiger partial charge in [0.2, 0.25) is 5.91 Å². The minimum absolute atomic E-state index is 0.0153. The molecule has 1 fully saturated rings. The molecule has 1 aromatic rings. The molecule has 0 radical (unpaired) electrons. The Kier molecular flexibility index (Phi) is 3.62. The molecule has 1 aliphatic rings. The molecule has 1 saturated carbocycles. The van der Waals surface area contributed by atoms with Gasteiger partial charge < -0.3 is 15.4 Å². The van der Waals surface area contributed by atoms with Gasteiger partial charge in [-0.05, 0) is 25.0 Å². The van der Waals surface area contributed by atoms with Crippen LogP contribution in [0.3, 0.4) is 0 Å². The molecule has 1 amide bonds. The summed E-state index contributed by atoms with van der Waals surface area (Å²) >= 11 is 0. The Morgan fingerprint density at radius 3 is 3.06 bits per heavy atom. The molecule has 0 spiro atoms. The molecule has 3 N–H and O–H groups in total. The Hall–Kier alpha value is -1.29. The molecule has 0 aromatic carbocycles. The van der Waals surface area contributed by atoms with Crippen molar-refractivity contribution >= 4 is 5.91 Å². The zero-order chi connectivity index (χ0) is 11.4. The van der Waals surface area contributed by atoms with Crippen LogP contribution in [0.25, 0.3) is 0 Å². The standard InChI is InChI=1S/C12H18N2O2/c15-11-5-1-3-9(11)8-14-12(16)7-10-4-2-6-13-10/h2,4,6,9,11,13,15H,1,3,5,7-8H2,(H,14,16). The average molecular weight is 222 g/mol. The molecule has 4 heteroatoms. The highest BCUT2D eigenvalue weighted by Crippen LogP contribution is 2.24. The van der Waals surface area contributed by atoms with Gasteiger partial charge in [0.25, 0.3) is 0 Å². The van der Waals surface area contributed by atoms with Crippen LogP contribution in [0.5, 0.6) is 0 Å². The number of amides is 1. The van der Waals surface area contributed by atoms with E-state index in [1.807, 2.05) is 18.3 Å². The van der Waals surface area contributed by atoms with Crippen molar-refractivity contribution < 1.29 is 9.90 Å². The fourth-order valence-corrected chi connectivity index (χ4v) is 2.21. The number of aliphatic hydroxyl groups excluding tert-OH is 1. The zero-order valence-electron chi connectivity index (χ0n) is 9.28. The van der Waals surface area contributed by atoms with Gasteiger partial charge in [0.1, 0.15) is 0 Å². The Bertz CT molecular complexity index is 335. The lowest BCUT2D eigenvalue weighted by Crippen LogP contribution is -2.33. The first-order chi connectivity index (χ1) is 7.75. The van der Waals surface area contributed by atoms with Crippen LogP contribution in [-0.2, 0) is 11.2 Å². The van der Waals surface area contributed by atoms with Crippen molar-refractivity contribution in [3.05, 3.63) is 24.0 Å². The van der Waals surface area contributed by atoms with E-state index in [1.165, 1.54) is 0 Å². The van der Waals surface area contributed by atoms with E-state index in [4.69, 9.17) is 0 Å². The topological polar surface area (TPSA) is 65.1 Å². The van der Waals surface area contributed by atoms with Crippen LogP contribution in [0.2, 0.25) is 0 Å². The molecule has 4 nitrogen and oxygen atoms in total. The predicted octanol–water partition coefficient (Wildman–Crippen LogP) is 0.834. The van der Waals surface area contributed by atoms with Gasteiger partial charge in [0.05, 0.1) is 12.5 Å². The monoisotopic (exact) mass is 222 g/mol. The van der Waals surface area contributed by atoms with Crippen molar-refractivity contribution in [1.82, 2.24) is 10.3 Å². The first-order valence-corrected chi connectivity index (χ1v) is 5.83. The van der Waals surface area contributed by atoms with Gasteiger partial charge in [-0.1, -0.05) is 6.42 Å². The molecule has 1 heterocycles. The second-order valence-electron chi connectivity index (χ2n) is 4.43. The third-order valence-corrected chi connectivity index (χ3v) is 3.19. The maximum atomic E-state index is 11.6. The maximum Gasteiger partial charge on any atom is 0.225 e. The quantitative estimate of drug-likeness (QED) is 0.706. The van der Waals surface area contributed by atoms with Crippen molar-refractivity contribution in [2.24, 2.45) is 5.92 Å². The fourth-order valence-electron chi connectivity index (χ4n) is 2.21. The van der Waals surface area contributed by atoms with Crippen molar-refractivity contribution in [3.63, 3.8) is 0 Å². The smallest absolute Gasteiger partial charge is 0.225 e. The Morgan fingerprint density at radius 1 is 1.56 bits per heavy atom. The Balaban J connectivity index is 1.71. The van der Waals surface area contributed by atoms with Crippen LogP contribution < -0.4 is 5.32 Å². The predicted molar refractivity (Wildman–Crippen MR) is 60.9 cm³/mol. The van der Waals surface area contributed by atoms with Crippen LogP contribution in [0.1, 0.15) is 25.0 Å². The normalized spacial score (nSPS) is 24.6. The fraction of sp³-hybridized carbons (Fsp3) is 0.583. The zero-order valence-corrected chi connectivity index (χ0v) is 9.28. The summed E-state index contributed by atoms with van der Waals surface area (Å²) in [7, 11) is 0. The minimum Gasteiger partial charge on any atom is -0.393 e. The Morgan fingerprint density at radius 2 is 2.44 bits per heavy atom. The highest BCUT2D eigenvalue weighted by molar-refractivity contribution is 5.78. The van der Waals surface area contributed by atoms with Crippen LogP contribution in [0, 0.1) is 5.92 Å². The van der Waals surface area contributed by atoms with Crippen molar-refractivity contribution in [2.45, 2.75) is 31.8 Å². The lowest BCUT2D eigenvalue weighted by atomic mass is 10.1. The van der Waals surface area contributed by atoms with Gasteiger partial charge in [0, 0.05) is 24.4 Å². The largest absolute Gasteiger partial charge is 0.393 e. The first kappa shape index (κ1) is 11.2. The number of nitrogens with one attached hydrogen (secondary N) is 2. The number of carbonyl (C=O) groups excluding carboxylic acids is 1. The summed E-state index contributed by atoms with van der Waals surface area (Å²) in [5.41, 5.74) is 0.921. The lowest BCUT2D eigenvalue weighted by molar-refractivity contribution is -0.120. The number of hydrogen-bond acceptors (Lipinski definition) is 2. The molecule has 16 heavy (non-hydrogen) atoms. The summed E-state index contributed by atoms with van der Waals surface area (Å²) in [4.78, 5) is 14.6. The first-order valence-electron chi connectivity index (χ1n) is 5.83. The number of rotatable bonds is 4. The third kappa shape index (κ3) is 2.85. The number of H-pyrrole nitrogens is 1. The van der Waals surface area contributed by atoms with E-state index < -0.39 is 0 Å². The molecule has 2 unspecified atom stereocenters. The summed E-state index contributed by atoms with van der Waals surface area (Å²) < 4.78 is 0. The van der Waals surface area contributed by atoms with Gasteiger partial charge in [-0.15, -0.1) is 0 Å². The van der Waals surface area contributed by atoms with E-state index in [0.717, 1.165) is 25.0 Å². The summed E-state index contributed by atoms with van der Waals surface area (Å²) in [6.07, 6.45) is 4.92. The molecule has 0 bridgehead atoms. The van der Waals surface area contributed by atoms with Gasteiger partial charge in [-0.3, -0.25) is 4.79 Å². The van der Waals surface area contributed by atoms with E-state index in [2.05, 4.69) is 10.3 Å². The summed E-state index contributed by atoms with van der Waals surface area (Å²) in [5, 5.41) is 12.5. The van der Waals surface area contributed by atoms with E-state index in [1.54, 1.807) is 0 Å². The van der Waals surface area contributed by atoms with Crippen molar-refractivity contribution in [2.75, 3.05) is 6.54 Å². The Labute approximate surface area is 95.1 Å². The number of aliphatic hydroxyl groups is 1. The number of aromatic amines is 1. The van der Waals surface area contributed by atoms with Gasteiger partial charge >= 0.3 is 0 Å². The van der Waals surface area contributed by atoms with E-state index in [9.17, 15) is 9.90 Å². The van der Waals surface area contributed by atoms with E-state index in [-0.39, 0.29) is 17.9 Å². The van der Waals surface area contributed by atoms with Crippen molar-refractivity contribution in [3.8, 4) is 0 Å². The molecule has 1 aliphatic carbocycles. The van der Waals surface area contributed by atoms with Crippen molar-refractivity contribution in [1.29, 1.82) is 0 Å². The molecule has 88 valence electrons. The highest BCUT2D eigenvalue weighted by Gasteiger charge is 2.25. The van der Waals surface area contributed by atoms with Gasteiger partial charge in [-0.2, -0.15) is 0 Å². The van der Waals surface area contributed by atoms with Gasteiger partial charge in [0.15, 0.2) is 0 Å². The van der Waals surface area contributed by atoms with Crippen LogP contribution in [0.15, 0.2) is 18.3 Å². The second kappa shape index (κ2) is 5.16. The number of aromatic nitrogens is 1. The molecule has 0 saturated heterocycles. The molecule has 2 rings (SSSR count). The van der Waals surface area contributed by atoms with E-state index >= 15 is 0 Å². The molecular weight excluding hydrogens is 204 g/mol. The molecular formula is C12H18N2O2. The maximum absolute atomic E-state index is 11.6. The lowest BCUT2D eigenvalue weighted by Gasteiger charge is -2.14. The van der Waals surface area contributed by atoms with Crippen LogP contribution >= 0.6 is 0 Å². The highest BCUT2D eigenvalue weighted by atomic mass is 16.3. The third-order valence-electron chi connectivity index (χ3n) is 3.19. The summed E-state index contributed by atoms with van der Waals surface area (Å²) in [6, 6.07) is 3.77. The van der Waals surface area contributed by atoms with Gasteiger partial charge in [-0.25, -0.2) is 0 Å². The minimum atomic E-state index is -0.231. The summed E-state index contributed by atoms with van der Waals surface area (Å²) in [5.74, 6) is 0.258. The molecule has 1 aromatic heterocycles. The van der Waals surface area contributed by atoms with Crippen LogP contribution in [0.4, 0.5) is 0 Å². The number of hydrogen-bond donors (Lipinski definition) is 3. The number of carbonyl (C=O) groups is 1. The molecule has 2 atom stereocenters. The average Bonchev–Trinajstić information content (AvgIpc) is 2.87.